The lowest BCUT2D eigenvalue weighted by Gasteiger charge is -2.28. The summed E-state index contributed by atoms with van der Waals surface area (Å²) in [6, 6.07) is 1.85. The van der Waals surface area contributed by atoms with Gasteiger partial charge in [0.25, 0.3) is 0 Å². The van der Waals surface area contributed by atoms with Crippen molar-refractivity contribution in [3.8, 4) is 0 Å². The first kappa shape index (κ1) is 22.5. The predicted octanol–water partition coefficient (Wildman–Crippen LogP) is 4.23. The van der Waals surface area contributed by atoms with E-state index in [4.69, 9.17) is 5.11 Å². The molecular formula is C17H17ClF2N2O4S2. The average Bonchev–Trinajstić information content (AvgIpc) is 3.02. The number of carboxylic acids is 2. The molecule has 6 nitrogen and oxygen atoms in total. The van der Waals surface area contributed by atoms with Crippen LogP contribution >= 0.6 is 34.0 Å². The van der Waals surface area contributed by atoms with Crippen molar-refractivity contribution < 1.29 is 28.6 Å². The molecule has 28 heavy (non-hydrogen) atoms. The minimum Gasteiger partial charge on any atom is -0.481 e. The molecule has 0 amide bonds. The molecule has 1 aromatic heterocycles. The Kier molecular flexibility index (Phi) is 7.73. The molecule has 1 aliphatic carbocycles. The Morgan fingerprint density at radius 3 is 2.71 bits per heavy atom. The highest BCUT2D eigenvalue weighted by Gasteiger charge is 2.28. The maximum atomic E-state index is 14.0. The Morgan fingerprint density at radius 2 is 2.04 bits per heavy atom. The fourth-order valence-corrected chi connectivity index (χ4v) is 5.20. The second kappa shape index (κ2) is 9.62. The number of aromatic nitrogens is 2. The van der Waals surface area contributed by atoms with Gasteiger partial charge in [0.15, 0.2) is 5.16 Å². The van der Waals surface area contributed by atoms with E-state index in [0.717, 1.165) is 6.07 Å². The van der Waals surface area contributed by atoms with Crippen LogP contribution in [0.4, 0.5) is 8.78 Å². The van der Waals surface area contributed by atoms with Crippen molar-refractivity contribution in [3.05, 3.63) is 46.8 Å². The molecule has 3 rings (SSSR count). The summed E-state index contributed by atoms with van der Waals surface area (Å²) in [5, 5.41) is 18.6. The highest BCUT2D eigenvalue weighted by molar-refractivity contribution is 8.76. The van der Waals surface area contributed by atoms with Crippen molar-refractivity contribution in [1.29, 1.82) is 0 Å². The Labute approximate surface area is 173 Å². The van der Waals surface area contributed by atoms with Gasteiger partial charge in [0, 0.05) is 17.9 Å². The molecule has 0 radical (unpaired) electrons. The molecule has 1 heterocycles. The number of hydrogen-bond donors (Lipinski definition) is 2. The normalized spacial score (nSPS) is 15.6. The molecule has 0 fully saturated rings. The van der Waals surface area contributed by atoms with Crippen molar-refractivity contribution in [2.45, 2.75) is 36.9 Å². The second-order valence-electron chi connectivity index (χ2n) is 6.07. The van der Waals surface area contributed by atoms with Gasteiger partial charge in [-0.15, -0.1) is 12.4 Å². The van der Waals surface area contributed by atoms with Crippen molar-refractivity contribution in [1.82, 2.24) is 9.55 Å². The summed E-state index contributed by atoms with van der Waals surface area (Å²) in [6.45, 7) is 0. The van der Waals surface area contributed by atoms with Gasteiger partial charge in [-0.2, -0.15) is 0 Å². The number of aromatic carboxylic acids is 1. The van der Waals surface area contributed by atoms with Crippen LogP contribution in [0.15, 0.2) is 23.5 Å². The van der Waals surface area contributed by atoms with Gasteiger partial charge in [-0.05, 0) is 47.2 Å². The van der Waals surface area contributed by atoms with E-state index in [2.05, 4.69) is 4.98 Å². The number of halogens is 3. The first-order valence-electron chi connectivity index (χ1n) is 8.15. The number of imidazole rings is 1. The van der Waals surface area contributed by atoms with Gasteiger partial charge in [0.1, 0.15) is 17.3 Å². The minimum absolute atomic E-state index is 0. The van der Waals surface area contributed by atoms with Gasteiger partial charge >= 0.3 is 11.9 Å². The number of carbonyl (C=O) groups is 2. The topological polar surface area (TPSA) is 92.4 Å². The Hall–Kier alpha value is -1.78. The maximum absolute atomic E-state index is 14.0. The van der Waals surface area contributed by atoms with Crippen molar-refractivity contribution in [3.63, 3.8) is 0 Å². The Morgan fingerprint density at radius 1 is 1.29 bits per heavy atom. The van der Waals surface area contributed by atoms with E-state index < -0.39 is 23.6 Å². The van der Waals surface area contributed by atoms with E-state index in [1.54, 1.807) is 4.57 Å². The van der Waals surface area contributed by atoms with Gasteiger partial charge in [-0.25, -0.2) is 18.6 Å². The van der Waals surface area contributed by atoms with Crippen LogP contribution in [-0.2, 0) is 17.6 Å². The summed E-state index contributed by atoms with van der Waals surface area (Å²) in [5.74, 6) is -2.94. The number of fused-ring (bicyclic) bond motifs is 1. The van der Waals surface area contributed by atoms with E-state index in [1.165, 1.54) is 33.9 Å². The summed E-state index contributed by atoms with van der Waals surface area (Å²) in [5.41, 5.74) is 1.000. The van der Waals surface area contributed by atoms with E-state index in [-0.39, 0.29) is 30.6 Å². The molecule has 1 aliphatic rings. The van der Waals surface area contributed by atoms with Crippen LogP contribution in [0.2, 0.25) is 0 Å². The molecule has 1 aromatic carbocycles. The summed E-state index contributed by atoms with van der Waals surface area (Å²) in [7, 11) is 2.47. The fourth-order valence-electron chi connectivity index (χ4n) is 3.15. The third-order valence-corrected chi connectivity index (χ3v) is 6.56. The second-order valence-corrected chi connectivity index (χ2v) is 8.45. The number of carboxylic acid groups (broad SMARTS) is 2. The molecule has 1 unspecified atom stereocenters. The molecule has 1 atom stereocenters. The van der Waals surface area contributed by atoms with Crippen LogP contribution in [-0.4, -0.2) is 37.5 Å². The molecular weight excluding hydrogens is 434 g/mol. The van der Waals surface area contributed by atoms with Gasteiger partial charge in [0.2, 0.25) is 0 Å². The largest absolute Gasteiger partial charge is 0.481 e. The van der Waals surface area contributed by atoms with Gasteiger partial charge in [-0.1, -0.05) is 10.8 Å². The molecule has 0 aliphatic heterocycles. The molecule has 152 valence electrons. The molecule has 0 saturated heterocycles. The molecule has 11 heteroatoms. The quantitative estimate of drug-likeness (QED) is 0.481. The highest BCUT2D eigenvalue weighted by atomic mass is 35.5. The number of hydrogen-bond acceptors (Lipinski definition) is 5. The lowest BCUT2D eigenvalue weighted by Crippen LogP contribution is -2.23. The number of nitrogens with zero attached hydrogens (tertiary/aromatic N) is 2. The van der Waals surface area contributed by atoms with E-state index in [9.17, 15) is 23.5 Å². The Balaban J connectivity index is 0.00000280. The first-order chi connectivity index (χ1) is 12.9. The zero-order valence-electron chi connectivity index (χ0n) is 14.4. The number of benzene rings is 1. The third kappa shape index (κ3) is 4.98. The lowest BCUT2D eigenvalue weighted by atomic mass is 9.87. The van der Waals surface area contributed by atoms with Crippen LogP contribution in [0, 0.1) is 11.6 Å². The van der Waals surface area contributed by atoms with E-state index >= 15 is 0 Å². The number of aliphatic carboxylic acids is 1. The van der Waals surface area contributed by atoms with Crippen molar-refractivity contribution >= 4 is 45.9 Å². The third-order valence-electron chi connectivity index (χ3n) is 4.32. The van der Waals surface area contributed by atoms with E-state index in [1.807, 2.05) is 0 Å². The standard InChI is InChI=1S/C17H16F2N2O4S2.ClH/c18-10-5-9-6-11(1-2-12(9)13(19)7-10)21-14(16(24)25)8-20-17(21)27-26-4-3-15(22)23;/h5,7-8,11H,1-4,6H2,(H,22,23)(H,24,25);1H. The van der Waals surface area contributed by atoms with Gasteiger partial charge in [-0.3, -0.25) is 4.79 Å². The van der Waals surface area contributed by atoms with Gasteiger partial charge < -0.3 is 14.8 Å². The summed E-state index contributed by atoms with van der Waals surface area (Å²) < 4.78 is 29.1. The van der Waals surface area contributed by atoms with Crippen LogP contribution in [0.3, 0.4) is 0 Å². The molecule has 0 saturated carbocycles. The average molecular weight is 451 g/mol. The summed E-state index contributed by atoms with van der Waals surface area (Å²) >= 11 is 0. The molecule has 2 aromatic rings. The fraction of sp³-hybridized carbons (Fsp3) is 0.353. The smallest absolute Gasteiger partial charge is 0.354 e. The molecule has 0 spiro atoms. The monoisotopic (exact) mass is 450 g/mol. The zero-order chi connectivity index (χ0) is 19.6. The maximum Gasteiger partial charge on any atom is 0.354 e. The molecule has 0 bridgehead atoms. The highest BCUT2D eigenvalue weighted by Crippen LogP contribution is 2.38. The van der Waals surface area contributed by atoms with Crippen LogP contribution in [0.25, 0.3) is 0 Å². The van der Waals surface area contributed by atoms with Crippen LogP contribution in [0.1, 0.15) is 40.5 Å². The minimum atomic E-state index is -1.14. The number of rotatable bonds is 7. The first-order valence-corrected chi connectivity index (χ1v) is 10.5. The lowest BCUT2D eigenvalue weighted by molar-refractivity contribution is -0.136. The van der Waals surface area contributed by atoms with E-state index in [0.29, 0.717) is 41.3 Å². The molecule has 2 N–H and O–H groups in total. The van der Waals surface area contributed by atoms with Gasteiger partial charge in [0.05, 0.1) is 12.6 Å². The van der Waals surface area contributed by atoms with Crippen LogP contribution < -0.4 is 0 Å². The van der Waals surface area contributed by atoms with Crippen molar-refractivity contribution in [2.24, 2.45) is 0 Å². The summed E-state index contributed by atoms with van der Waals surface area (Å²) in [4.78, 5) is 26.3. The van der Waals surface area contributed by atoms with Crippen molar-refractivity contribution in [2.75, 3.05) is 5.75 Å². The predicted molar refractivity (Wildman–Crippen MR) is 104 cm³/mol. The van der Waals surface area contributed by atoms with Crippen LogP contribution in [0.5, 0.6) is 0 Å². The SMILES string of the molecule is Cl.O=C(O)CCSSc1ncc(C(=O)O)n1C1CCc2c(F)cc(F)cc2C1. The Bertz CT molecular complexity index is 894. The zero-order valence-corrected chi connectivity index (χ0v) is 16.9. The summed E-state index contributed by atoms with van der Waals surface area (Å²) in [6.07, 6.45) is 2.41.